The Morgan fingerprint density at radius 3 is 2.40 bits per heavy atom. The fraction of sp³-hybridized carbons (Fsp3) is 0.174. The molecule has 0 saturated carbocycles. The molecule has 4 rings (SSSR count). The molecule has 1 heterocycles. The highest BCUT2D eigenvalue weighted by atomic mass is 35.5. The SMILES string of the molecule is Cl.OC(COc1ccccc1Cl)Cn1c(COc2ccccc2)nc2ccccc21. The number of imidazole rings is 1. The number of aliphatic hydroxyl groups excluding tert-OH is 1. The zero-order valence-electron chi connectivity index (χ0n) is 16.1. The second-order valence-electron chi connectivity index (χ2n) is 6.62. The van der Waals surface area contributed by atoms with Crippen molar-refractivity contribution in [1.82, 2.24) is 9.55 Å². The van der Waals surface area contributed by atoms with Crippen LogP contribution in [-0.2, 0) is 13.2 Å². The average Bonchev–Trinajstić information content (AvgIpc) is 3.10. The molecular weight excluding hydrogens is 423 g/mol. The lowest BCUT2D eigenvalue weighted by Gasteiger charge is -2.16. The van der Waals surface area contributed by atoms with Crippen LogP contribution in [0.4, 0.5) is 0 Å². The fourth-order valence-electron chi connectivity index (χ4n) is 3.12. The third kappa shape index (κ3) is 5.25. The van der Waals surface area contributed by atoms with Gasteiger partial charge in [-0.1, -0.05) is 54.1 Å². The minimum absolute atomic E-state index is 0. The van der Waals surface area contributed by atoms with Crippen molar-refractivity contribution >= 4 is 35.0 Å². The molecule has 0 aliphatic heterocycles. The molecule has 0 amide bonds. The van der Waals surface area contributed by atoms with Crippen LogP contribution in [0, 0.1) is 0 Å². The number of fused-ring (bicyclic) bond motifs is 1. The van der Waals surface area contributed by atoms with Gasteiger partial charge in [0.25, 0.3) is 0 Å². The van der Waals surface area contributed by atoms with Gasteiger partial charge in [0.2, 0.25) is 0 Å². The monoisotopic (exact) mass is 444 g/mol. The maximum absolute atomic E-state index is 10.6. The van der Waals surface area contributed by atoms with E-state index in [0.717, 1.165) is 22.6 Å². The largest absolute Gasteiger partial charge is 0.489 e. The van der Waals surface area contributed by atoms with Crippen LogP contribution >= 0.6 is 24.0 Å². The zero-order chi connectivity index (χ0) is 20.1. The molecule has 4 aromatic rings. The molecule has 0 bridgehead atoms. The Morgan fingerprint density at radius 2 is 1.60 bits per heavy atom. The van der Waals surface area contributed by atoms with E-state index < -0.39 is 6.10 Å². The van der Waals surface area contributed by atoms with E-state index in [1.54, 1.807) is 12.1 Å². The number of nitrogens with zero attached hydrogens (tertiary/aromatic N) is 2. The molecule has 1 atom stereocenters. The third-order valence-electron chi connectivity index (χ3n) is 4.51. The van der Waals surface area contributed by atoms with E-state index in [1.165, 1.54) is 0 Å². The number of benzene rings is 3. The van der Waals surface area contributed by atoms with Gasteiger partial charge in [0, 0.05) is 0 Å². The summed E-state index contributed by atoms with van der Waals surface area (Å²) in [5.74, 6) is 2.07. The maximum Gasteiger partial charge on any atom is 0.148 e. The normalized spacial score (nSPS) is 11.7. The van der Waals surface area contributed by atoms with E-state index in [2.05, 4.69) is 4.98 Å². The summed E-state index contributed by atoms with van der Waals surface area (Å²) in [6, 6.07) is 24.6. The van der Waals surface area contributed by atoms with Crippen molar-refractivity contribution in [3.05, 3.63) is 89.7 Å². The molecule has 0 spiro atoms. The van der Waals surface area contributed by atoms with Gasteiger partial charge in [-0.05, 0) is 36.4 Å². The number of para-hydroxylation sites is 4. The first-order valence-corrected chi connectivity index (χ1v) is 9.76. The lowest BCUT2D eigenvalue weighted by atomic mass is 10.3. The fourth-order valence-corrected chi connectivity index (χ4v) is 3.31. The molecule has 1 aromatic heterocycles. The third-order valence-corrected chi connectivity index (χ3v) is 4.82. The van der Waals surface area contributed by atoms with Gasteiger partial charge in [-0.15, -0.1) is 12.4 Å². The van der Waals surface area contributed by atoms with Crippen molar-refractivity contribution < 1.29 is 14.6 Å². The van der Waals surface area contributed by atoms with Crippen molar-refractivity contribution in [1.29, 1.82) is 0 Å². The molecular formula is C23H22Cl2N2O3. The average molecular weight is 445 g/mol. The molecule has 0 saturated heterocycles. The Bertz CT molecular complexity index is 1090. The Hall–Kier alpha value is -2.73. The second kappa shape index (κ2) is 10.3. The van der Waals surface area contributed by atoms with Crippen LogP contribution in [0.3, 0.4) is 0 Å². The lowest BCUT2D eigenvalue weighted by Crippen LogP contribution is -2.25. The first kappa shape index (κ1) is 22.0. The standard InChI is InChI=1S/C23H21ClN2O3.ClH/c24-19-10-4-7-13-22(19)29-15-17(27)14-26-21-12-6-5-11-20(21)25-23(26)16-28-18-8-2-1-3-9-18;/h1-13,17,27H,14-16H2;1H. The van der Waals surface area contributed by atoms with E-state index in [1.807, 2.05) is 71.3 Å². The van der Waals surface area contributed by atoms with Gasteiger partial charge in [-0.3, -0.25) is 0 Å². The topological polar surface area (TPSA) is 56.5 Å². The van der Waals surface area contributed by atoms with E-state index >= 15 is 0 Å². The van der Waals surface area contributed by atoms with Gasteiger partial charge < -0.3 is 19.1 Å². The molecule has 0 aliphatic carbocycles. The van der Waals surface area contributed by atoms with E-state index in [4.69, 9.17) is 21.1 Å². The van der Waals surface area contributed by atoms with Crippen LogP contribution in [0.15, 0.2) is 78.9 Å². The Labute approximate surface area is 186 Å². The van der Waals surface area contributed by atoms with E-state index in [0.29, 0.717) is 23.9 Å². The highest BCUT2D eigenvalue weighted by molar-refractivity contribution is 6.32. The number of ether oxygens (including phenoxy) is 2. The van der Waals surface area contributed by atoms with Crippen molar-refractivity contribution in [2.75, 3.05) is 6.61 Å². The number of aliphatic hydroxyl groups is 1. The van der Waals surface area contributed by atoms with Crippen LogP contribution in [0.1, 0.15) is 5.82 Å². The second-order valence-corrected chi connectivity index (χ2v) is 7.03. The minimum Gasteiger partial charge on any atom is -0.489 e. The smallest absolute Gasteiger partial charge is 0.148 e. The highest BCUT2D eigenvalue weighted by Gasteiger charge is 2.16. The van der Waals surface area contributed by atoms with Crippen LogP contribution in [0.25, 0.3) is 11.0 Å². The number of hydrogen-bond acceptors (Lipinski definition) is 4. The van der Waals surface area contributed by atoms with Gasteiger partial charge in [-0.25, -0.2) is 4.98 Å². The molecule has 0 fully saturated rings. The van der Waals surface area contributed by atoms with Gasteiger partial charge in [0.05, 0.1) is 22.6 Å². The first-order chi connectivity index (χ1) is 14.2. The quantitative estimate of drug-likeness (QED) is 0.409. The summed E-state index contributed by atoms with van der Waals surface area (Å²) in [5, 5.41) is 11.1. The predicted molar refractivity (Wildman–Crippen MR) is 121 cm³/mol. The summed E-state index contributed by atoms with van der Waals surface area (Å²) in [4.78, 5) is 4.68. The first-order valence-electron chi connectivity index (χ1n) is 9.38. The van der Waals surface area contributed by atoms with E-state index in [-0.39, 0.29) is 19.0 Å². The molecule has 1 unspecified atom stereocenters. The minimum atomic E-state index is -0.737. The van der Waals surface area contributed by atoms with Crippen LogP contribution in [0.5, 0.6) is 11.5 Å². The highest BCUT2D eigenvalue weighted by Crippen LogP contribution is 2.24. The van der Waals surface area contributed by atoms with Gasteiger partial charge in [-0.2, -0.15) is 0 Å². The van der Waals surface area contributed by atoms with Crippen molar-refractivity contribution in [3.8, 4) is 11.5 Å². The molecule has 0 aliphatic rings. The van der Waals surface area contributed by atoms with E-state index in [9.17, 15) is 5.11 Å². The number of aromatic nitrogens is 2. The number of rotatable bonds is 8. The van der Waals surface area contributed by atoms with Crippen molar-refractivity contribution in [2.45, 2.75) is 19.3 Å². The molecule has 156 valence electrons. The number of hydrogen-bond donors (Lipinski definition) is 1. The summed E-state index contributed by atoms with van der Waals surface area (Å²) >= 11 is 6.11. The molecule has 0 radical (unpaired) electrons. The molecule has 5 nitrogen and oxygen atoms in total. The predicted octanol–water partition coefficient (Wildman–Crippen LogP) is 5.13. The summed E-state index contributed by atoms with van der Waals surface area (Å²) in [7, 11) is 0. The van der Waals surface area contributed by atoms with Crippen molar-refractivity contribution in [2.24, 2.45) is 0 Å². The van der Waals surface area contributed by atoms with Gasteiger partial charge in [0.15, 0.2) is 0 Å². The van der Waals surface area contributed by atoms with Gasteiger partial charge in [0.1, 0.15) is 36.6 Å². The Balaban J connectivity index is 0.00000256. The van der Waals surface area contributed by atoms with Gasteiger partial charge >= 0.3 is 0 Å². The molecule has 7 heteroatoms. The zero-order valence-corrected chi connectivity index (χ0v) is 17.7. The summed E-state index contributed by atoms with van der Waals surface area (Å²) in [6.45, 7) is 0.754. The maximum atomic E-state index is 10.6. The van der Waals surface area contributed by atoms with Crippen LogP contribution < -0.4 is 9.47 Å². The van der Waals surface area contributed by atoms with Crippen molar-refractivity contribution in [3.63, 3.8) is 0 Å². The van der Waals surface area contributed by atoms with Crippen LogP contribution in [-0.4, -0.2) is 27.4 Å². The Kier molecular flexibility index (Phi) is 7.57. The number of halogens is 2. The molecule has 30 heavy (non-hydrogen) atoms. The lowest BCUT2D eigenvalue weighted by molar-refractivity contribution is 0.0918. The molecule has 3 aromatic carbocycles. The Morgan fingerprint density at radius 1 is 0.900 bits per heavy atom. The molecule has 1 N–H and O–H groups in total. The summed E-state index contributed by atoms with van der Waals surface area (Å²) in [6.07, 6.45) is -0.737. The summed E-state index contributed by atoms with van der Waals surface area (Å²) in [5.41, 5.74) is 1.80. The summed E-state index contributed by atoms with van der Waals surface area (Å²) < 4.78 is 13.5. The van der Waals surface area contributed by atoms with Crippen LogP contribution in [0.2, 0.25) is 5.02 Å².